The molecular weight excluding hydrogens is 340 g/mol. The average Bonchev–Trinajstić information content (AvgIpc) is 2.94. The van der Waals surface area contributed by atoms with E-state index in [4.69, 9.17) is 14.0 Å². The van der Waals surface area contributed by atoms with Crippen LogP contribution in [-0.2, 0) is 16.1 Å². The van der Waals surface area contributed by atoms with Crippen LogP contribution in [0.5, 0.6) is 5.75 Å². The minimum absolute atomic E-state index is 0.166. The van der Waals surface area contributed by atoms with E-state index < -0.39 is 17.9 Å². The second-order valence-electron chi connectivity index (χ2n) is 5.73. The maximum atomic E-state index is 12.5. The number of carboxylic acid groups (broad SMARTS) is 1. The first kappa shape index (κ1) is 19.5. The van der Waals surface area contributed by atoms with Gasteiger partial charge in [-0.1, -0.05) is 17.3 Å². The van der Waals surface area contributed by atoms with E-state index >= 15 is 0 Å². The van der Waals surface area contributed by atoms with E-state index in [9.17, 15) is 14.7 Å². The third-order valence-electron chi connectivity index (χ3n) is 3.90. The van der Waals surface area contributed by atoms with Gasteiger partial charge in [0, 0.05) is 20.1 Å². The lowest BCUT2D eigenvalue weighted by Gasteiger charge is -2.16. The highest BCUT2D eigenvalue weighted by molar-refractivity contribution is 5.98. The number of methoxy groups -OCH3 is 1. The van der Waals surface area contributed by atoms with Crippen LogP contribution in [0.15, 0.2) is 28.8 Å². The summed E-state index contributed by atoms with van der Waals surface area (Å²) in [4.78, 5) is 23.8. The van der Waals surface area contributed by atoms with Crippen LogP contribution in [-0.4, -0.2) is 41.9 Å². The molecule has 140 valence electrons. The van der Waals surface area contributed by atoms with Crippen molar-refractivity contribution in [2.24, 2.45) is 0 Å². The van der Waals surface area contributed by atoms with E-state index in [-0.39, 0.29) is 25.2 Å². The molecule has 0 aliphatic rings. The smallest absolute Gasteiger partial charge is 0.326 e. The average molecular weight is 362 g/mol. The molecule has 0 aliphatic heterocycles. The number of nitrogens with one attached hydrogen (secondary N) is 1. The standard InChI is InChI=1S/C18H22N2O6/c1-11-14(12(2)26-20-11)10-25-16-7-5-4-6-13(16)17(21)19-15(18(22)23)8-9-24-3/h4-7,15H,8-10H2,1-3H3,(H,19,21)(H,22,23). The minimum atomic E-state index is -1.12. The van der Waals surface area contributed by atoms with Crippen molar-refractivity contribution in [3.8, 4) is 5.75 Å². The van der Waals surface area contributed by atoms with Gasteiger partial charge in [-0.05, 0) is 26.0 Å². The zero-order valence-electron chi connectivity index (χ0n) is 14.9. The summed E-state index contributed by atoms with van der Waals surface area (Å²) in [7, 11) is 1.47. The quantitative estimate of drug-likeness (QED) is 0.702. The monoisotopic (exact) mass is 362 g/mol. The Morgan fingerprint density at radius 2 is 2.04 bits per heavy atom. The highest BCUT2D eigenvalue weighted by Gasteiger charge is 2.22. The zero-order chi connectivity index (χ0) is 19.1. The lowest BCUT2D eigenvalue weighted by Crippen LogP contribution is -2.41. The number of amides is 1. The summed E-state index contributed by atoms with van der Waals surface area (Å²) >= 11 is 0. The Labute approximate surface area is 151 Å². The molecule has 1 atom stereocenters. The van der Waals surface area contributed by atoms with Crippen molar-refractivity contribution in [2.45, 2.75) is 32.9 Å². The maximum absolute atomic E-state index is 12.5. The number of carboxylic acids is 1. The number of ether oxygens (including phenoxy) is 2. The van der Waals surface area contributed by atoms with Gasteiger partial charge in [0.25, 0.3) is 5.91 Å². The number of aryl methyl sites for hydroxylation is 2. The predicted octanol–water partition coefficient (Wildman–Crippen LogP) is 2.09. The highest BCUT2D eigenvalue weighted by atomic mass is 16.5. The Hall–Kier alpha value is -2.87. The van der Waals surface area contributed by atoms with Crippen molar-refractivity contribution >= 4 is 11.9 Å². The van der Waals surface area contributed by atoms with Crippen LogP contribution in [0.25, 0.3) is 0 Å². The third kappa shape index (κ3) is 4.82. The molecule has 2 N–H and O–H groups in total. The van der Waals surface area contributed by atoms with Gasteiger partial charge in [0.1, 0.15) is 24.2 Å². The summed E-state index contributed by atoms with van der Waals surface area (Å²) in [5, 5.41) is 15.6. The number of para-hydroxylation sites is 1. The first-order valence-electron chi connectivity index (χ1n) is 8.10. The molecule has 0 fully saturated rings. The number of hydrogen-bond donors (Lipinski definition) is 2. The van der Waals surface area contributed by atoms with Gasteiger partial charge in [0.15, 0.2) is 0 Å². The maximum Gasteiger partial charge on any atom is 0.326 e. The summed E-state index contributed by atoms with van der Waals surface area (Å²) in [6.45, 7) is 4.00. The molecule has 0 saturated carbocycles. The number of aromatic nitrogens is 1. The molecule has 26 heavy (non-hydrogen) atoms. The number of carbonyl (C=O) groups excluding carboxylic acids is 1. The predicted molar refractivity (Wildman–Crippen MR) is 92.1 cm³/mol. The van der Waals surface area contributed by atoms with Crippen LogP contribution in [0.1, 0.15) is 33.8 Å². The Kier molecular flexibility index (Phi) is 6.74. The fourth-order valence-corrected chi connectivity index (χ4v) is 2.37. The fourth-order valence-electron chi connectivity index (χ4n) is 2.37. The fraction of sp³-hybridized carbons (Fsp3) is 0.389. The Balaban J connectivity index is 2.12. The summed E-state index contributed by atoms with van der Waals surface area (Å²) in [6, 6.07) is 5.60. The number of rotatable bonds is 9. The van der Waals surface area contributed by atoms with Gasteiger partial charge in [-0.15, -0.1) is 0 Å². The van der Waals surface area contributed by atoms with Gasteiger partial charge in [-0.3, -0.25) is 4.79 Å². The van der Waals surface area contributed by atoms with Gasteiger partial charge in [0.2, 0.25) is 0 Å². The van der Waals surface area contributed by atoms with Gasteiger partial charge < -0.3 is 24.4 Å². The SMILES string of the molecule is COCCC(NC(=O)c1ccccc1OCc1c(C)noc1C)C(=O)O. The zero-order valence-corrected chi connectivity index (χ0v) is 14.9. The number of hydrogen-bond acceptors (Lipinski definition) is 6. The Morgan fingerprint density at radius 1 is 1.31 bits per heavy atom. The van der Waals surface area contributed by atoms with E-state index in [1.54, 1.807) is 38.1 Å². The molecule has 8 nitrogen and oxygen atoms in total. The second-order valence-corrected chi connectivity index (χ2v) is 5.73. The highest BCUT2D eigenvalue weighted by Crippen LogP contribution is 2.21. The first-order valence-corrected chi connectivity index (χ1v) is 8.10. The number of aliphatic carboxylic acids is 1. The van der Waals surface area contributed by atoms with E-state index in [0.29, 0.717) is 11.5 Å². The van der Waals surface area contributed by atoms with Gasteiger partial charge in [0.05, 0.1) is 16.8 Å². The molecule has 0 bridgehead atoms. The number of carbonyl (C=O) groups is 2. The van der Waals surface area contributed by atoms with Crippen molar-refractivity contribution in [3.05, 3.63) is 46.8 Å². The Morgan fingerprint density at radius 3 is 2.65 bits per heavy atom. The molecule has 8 heteroatoms. The summed E-state index contributed by atoms with van der Waals surface area (Å²) < 4.78 is 15.7. The molecule has 1 heterocycles. The molecule has 1 unspecified atom stereocenters. The minimum Gasteiger partial charge on any atom is -0.488 e. The van der Waals surface area contributed by atoms with Crippen LogP contribution in [0.4, 0.5) is 0 Å². The van der Waals surface area contributed by atoms with Crippen molar-refractivity contribution in [2.75, 3.05) is 13.7 Å². The van der Waals surface area contributed by atoms with E-state index in [0.717, 1.165) is 11.3 Å². The number of benzene rings is 1. The molecule has 1 amide bonds. The van der Waals surface area contributed by atoms with E-state index in [2.05, 4.69) is 10.5 Å². The molecule has 2 aromatic rings. The van der Waals surface area contributed by atoms with Gasteiger partial charge in [-0.25, -0.2) is 4.79 Å². The van der Waals surface area contributed by atoms with Crippen LogP contribution in [0.2, 0.25) is 0 Å². The van der Waals surface area contributed by atoms with Crippen LogP contribution in [0.3, 0.4) is 0 Å². The number of nitrogens with zero attached hydrogens (tertiary/aromatic N) is 1. The molecule has 2 rings (SSSR count). The third-order valence-corrected chi connectivity index (χ3v) is 3.90. The summed E-state index contributed by atoms with van der Waals surface area (Å²) in [5.74, 6) is -0.650. The topological polar surface area (TPSA) is 111 Å². The lowest BCUT2D eigenvalue weighted by atomic mass is 10.1. The lowest BCUT2D eigenvalue weighted by molar-refractivity contribution is -0.139. The molecule has 0 spiro atoms. The van der Waals surface area contributed by atoms with Gasteiger partial charge in [-0.2, -0.15) is 0 Å². The molecule has 0 radical (unpaired) electrons. The first-order chi connectivity index (χ1) is 12.4. The molecule has 0 aliphatic carbocycles. The summed E-state index contributed by atoms with van der Waals surface area (Å²) in [6.07, 6.45) is 0.166. The van der Waals surface area contributed by atoms with Gasteiger partial charge >= 0.3 is 5.97 Å². The van der Waals surface area contributed by atoms with Crippen molar-refractivity contribution in [3.63, 3.8) is 0 Å². The molecule has 1 aromatic heterocycles. The van der Waals surface area contributed by atoms with Crippen LogP contribution >= 0.6 is 0 Å². The van der Waals surface area contributed by atoms with E-state index in [1.165, 1.54) is 7.11 Å². The molecule has 0 saturated heterocycles. The molecule has 1 aromatic carbocycles. The summed E-state index contributed by atoms with van der Waals surface area (Å²) in [5.41, 5.74) is 1.78. The molecular formula is C18H22N2O6. The van der Waals surface area contributed by atoms with Crippen LogP contribution in [0, 0.1) is 13.8 Å². The largest absolute Gasteiger partial charge is 0.488 e. The second kappa shape index (κ2) is 9.00. The normalized spacial score (nSPS) is 11.8. The Bertz CT molecular complexity index is 751. The van der Waals surface area contributed by atoms with E-state index in [1.807, 2.05) is 0 Å². The van der Waals surface area contributed by atoms with Crippen LogP contribution < -0.4 is 10.1 Å². The van der Waals surface area contributed by atoms with Crippen molar-refractivity contribution in [1.82, 2.24) is 10.5 Å². The van der Waals surface area contributed by atoms with Crippen molar-refractivity contribution < 1.29 is 28.7 Å². The van der Waals surface area contributed by atoms with Crippen molar-refractivity contribution in [1.29, 1.82) is 0 Å².